The first-order valence-corrected chi connectivity index (χ1v) is 6.13. The van der Waals surface area contributed by atoms with Gasteiger partial charge in [0.1, 0.15) is 6.04 Å². The van der Waals surface area contributed by atoms with Crippen molar-refractivity contribution in [3.05, 3.63) is 35.4 Å². The van der Waals surface area contributed by atoms with Gasteiger partial charge in [0.15, 0.2) is 0 Å². The highest BCUT2D eigenvalue weighted by Gasteiger charge is 2.22. The number of aryl methyl sites for hydroxylation is 1. The van der Waals surface area contributed by atoms with Crippen molar-refractivity contribution in [3.8, 4) is 0 Å². The first-order valence-electron chi connectivity index (χ1n) is 6.13. The monoisotopic (exact) mass is 233 g/mol. The molecule has 92 valence electrons. The Hall–Kier alpha value is -1.35. The molecule has 0 bridgehead atoms. The largest absolute Gasteiger partial charge is 0.468 e. The van der Waals surface area contributed by atoms with Crippen molar-refractivity contribution in [1.29, 1.82) is 0 Å². The number of esters is 1. The van der Waals surface area contributed by atoms with Crippen LogP contribution in [0.25, 0.3) is 0 Å². The molecule has 1 saturated carbocycles. The maximum atomic E-state index is 11.1. The summed E-state index contributed by atoms with van der Waals surface area (Å²) in [6.07, 6.45) is 4.11. The smallest absolute Gasteiger partial charge is 0.322 e. The van der Waals surface area contributed by atoms with E-state index in [2.05, 4.69) is 29.0 Å². The predicted octanol–water partition coefficient (Wildman–Crippen LogP) is 2.00. The normalized spacial score (nSPS) is 16.6. The van der Waals surface area contributed by atoms with Gasteiger partial charge in [-0.3, -0.25) is 4.79 Å². The summed E-state index contributed by atoms with van der Waals surface area (Å²) in [5.41, 5.74) is 8.36. The molecule has 0 aliphatic heterocycles. The van der Waals surface area contributed by atoms with Gasteiger partial charge in [-0.05, 0) is 42.7 Å². The van der Waals surface area contributed by atoms with Crippen LogP contribution in [0.5, 0.6) is 0 Å². The van der Waals surface area contributed by atoms with Crippen molar-refractivity contribution in [3.63, 3.8) is 0 Å². The van der Waals surface area contributed by atoms with Crippen LogP contribution < -0.4 is 5.73 Å². The number of hydrogen-bond donors (Lipinski definition) is 1. The van der Waals surface area contributed by atoms with Crippen LogP contribution in [-0.2, 0) is 16.0 Å². The standard InChI is InChI=1S/C14H19NO2/c1-17-14(16)13(15)9-4-10-2-5-11(6-3-10)12-7-8-12/h2-3,5-6,12-13H,4,7-9,15H2,1H3. The molecule has 1 fully saturated rings. The van der Waals surface area contributed by atoms with Crippen molar-refractivity contribution < 1.29 is 9.53 Å². The van der Waals surface area contributed by atoms with Gasteiger partial charge in [0.2, 0.25) is 0 Å². The number of hydrogen-bond acceptors (Lipinski definition) is 3. The van der Waals surface area contributed by atoms with Gasteiger partial charge < -0.3 is 10.5 Å². The Labute approximate surface area is 102 Å². The van der Waals surface area contributed by atoms with Gasteiger partial charge in [0.25, 0.3) is 0 Å². The second-order valence-electron chi connectivity index (χ2n) is 4.68. The van der Waals surface area contributed by atoms with E-state index in [-0.39, 0.29) is 5.97 Å². The van der Waals surface area contributed by atoms with E-state index in [4.69, 9.17) is 5.73 Å². The lowest BCUT2D eigenvalue weighted by molar-refractivity contribution is -0.142. The summed E-state index contributed by atoms with van der Waals surface area (Å²) in [5, 5.41) is 0. The summed E-state index contributed by atoms with van der Waals surface area (Å²) in [6.45, 7) is 0. The molecule has 1 unspecified atom stereocenters. The number of benzene rings is 1. The summed E-state index contributed by atoms with van der Waals surface area (Å²) in [7, 11) is 1.37. The van der Waals surface area contributed by atoms with E-state index in [0.29, 0.717) is 6.42 Å². The van der Waals surface area contributed by atoms with Crippen LogP contribution in [0.3, 0.4) is 0 Å². The molecule has 0 radical (unpaired) electrons. The maximum absolute atomic E-state index is 11.1. The number of methoxy groups -OCH3 is 1. The number of rotatable bonds is 5. The van der Waals surface area contributed by atoms with Crippen LogP contribution in [0, 0.1) is 0 Å². The highest BCUT2D eigenvalue weighted by molar-refractivity contribution is 5.75. The molecule has 2 rings (SSSR count). The van der Waals surface area contributed by atoms with Gasteiger partial charge in [0.05, 0.1) is 7.11 Å². The summed E-state index contributed by atoms with van der Waals surface area (Å²) in [6, 6.07) is 8.14. The lowest BCUT2D eigenvalue weighted by atomic mass is 10.0. The topological polar surface area (TPSA) is 52.3 Å². The van der Waals surface area contributed by atoms with Gasteiger partial charge >= 0.3 is 5.97 Å². The summed E-state index contributed by atoms with van der Waals surface area (Å²) in [5.74, 6) is 0.459. The average Bonchev–Trinajstić information content (AvgIpc) is 3.20. The van der Waals surface area contributed by atoms with Crippen LogP contribution in [0.1, 0.15) is 36.3 Å². The molecular formula is C14H19NO2. The van der Waals surface area contributed by atoms with Crippen molar-refractivity contribution in [2.45, 2.75) is 37.6 Å². The molecule has 0 aromatic heterocycles. The first-order chi connectivity index (χ1) is 8.20. The summed E-state index contributed by atoms with van der Waals surface area (Å²) >= 11 is 0. The molecule has 0 spiro atoms. The number of carbonyl (C=O) groups excluding carboxylic acids is 1. The Balaban J connectivity index is 1.84. The Kier molecular flexibility index (Phi) is 3.79. The molecule has 3 nitrogen and oxygen atoms in total. The van der Waals surface area contributed by atoms with Crippen LogP contribution in [0.4, 0.5) is 0 Å². The zero-order valence-corrected chi connectivity index (χ0v) is 10.2. The van der Waals surface area contributed by atoms with E-state index in [1.165, 1.54) is 31.1 Å². The minimum absolute atomic E-state index is 0.334. The van der Waals surface area contributed by atoms with E-state index in [9.17, 15) is 4.79 Å². The molecule has 1 aliphatic rings. The molecule has 0 saturated heterocycles. The second-order valence-corrected chi connectivity index (χ2v) is 4.68. The zero-order valence-electron chi connectivity index (χ0n) is 10.2. The lowest BCUT2D eigenvalue weighted by Crippen LogP contribution is -2.31. The van der Waals surface area contributed by atoms with Crippen LogP contribution in [-0.4, -0.2) is 19.1 Å². The van der Waals surface area contributed by atoms with Crippen LogP contribution >= 0.6 is 0 Å². The van der Waals surface area contributed by atoms with Crippen molar-refractivity contribution in [2.24, 2.45) is 5.73 Å². The Morgan fingerprint density at radius 3 is 2.59 bits per heavy atom. The Bertz CT molecular complexity index is 382. The summed E-state index contributed by atoms with van der Waals surface area (Å²) in [4.78, 5) is 11.1. The minimum atomic E-state index is -0.511. The fourth-order valence-electron chi connectivity index (χ4n) is 1.96. The molecule has 2 N–H and O–H groups in total. The fourth-order valence-corrected chi connectivity index (χ4v) is 1.96. The molecule has 1 aliphatic carbocycles. The molecule has 3 heteroatoms. The van der Waals surface area contributed by atoms with Gasteiger partial charge in [0, 0.05) is 0 Å². The Morgan fingerprint density at radius 2 is 2.06 bits per heavy atom. The lowest BCUT2D eigenvalue weighted by Gasteiger charge is -2.09. The predicted molar refractivity (Wildman–Crippen MR) is 66.7 cm³/mol. The van der Waals surface area contributed by atoms with E-state index in [1.54, 1.807) is 0 Å². The molecule has 1 aromatic carbocycles. The van der Waals surface area contributed by atoms with Gasteiger partial charge in [-0.2, -0.15) is 0 Å². The number of ether oxygens (including phenoxy) is 1. The van der Waals surface area contributed by atoms with Crippen molar-refractivity contribution >= 4 is 5.97 Å². The van der Waals surface area contributed by atoms with E-state index in [1.807, 2.05) is 0 Å². The SMILES string of the molecule is COC(=O)C(N)CCc1ccc(C2CC2)cc1. The number of carbonyl (C=O) groups is 1. The van der Waals surface area contributed by atoms with Crippen molar-refractivity contribution in [2.75, 3.05) is 7.11 Å². The first kappa shape index (κ1) is 12.1. The molecule has 17 heavy (non-hydrogen) atoms. The quantitative estimate of drug-likeness (QED) is 0.791. The van der Waals surface area contributed by atoms with Gasteiger partial charge in [-0.1, -0.05) is 24.3 Å². The van der Waals surface area contributed by atoms with Gasteiger partial charge in [-0.15, -0.1) is 0 Å². The van der Waals surface area contributed by atoms with Gasteiger partial charge in [-0.25, -0.2) is 0 Å². The van der Waals surface area contributed by atoms with E-state index in [0.717, 1.165) is 12.3 Å². The summed E-state index contributed by atoms with van der Waals surface area (Å²) < 4.78 is 4.60. The molecular weight excluding hydrogens is 214 g/mol. The van der Waals surface area contributed by atoms with Crippen molar-refractivity contribution in [1.82, 2.24) is 0 Å². The molecule has 1 atom stereocenters. The third kappa shape index (κ3) is 3.30. The zero-order chi connectivity index (χ0) is 12.3. The maximum Gasteiger partial charge on any atom is 0.322 e. The van der Waals surface area contributed by atoms with E-state index >= 15 is 0 Å². The van der Waals surface area contributed by atoms with E-state index < -0.39 is 6.04 Å². The number of nitrogens with two attached hydrogens (primary N) is 1. The third-order valence-corrected chi connectivity index (χ3v) is 3.28. The third-order valence-electron chi connectivity index (χ3n) is 3.28. The second kappa shape index (κ2) is 5.32. The molecule has 0 amide bonds. The van der Waals surface area contributed by atoms with Crippen LogP contribution in [0.2, 0.25) is 0 Å². The minimum Gasteiger partial charge on any atom is -0.468 e. The molecule has 1 aromatic rings. The Morgan fingerprint density at radius 1 is 1.41 bits per heavy atom. The van der Waals surface area contributed by atoms with Crippen LogP contribution in [0.15, 0.2) is 24.3 Å². The average molecular weight is 233 g/mol. The molecule has 0 heterocycles. The fraction of sp³-hybridized carbons (Fsp3) is 0.500. The highest BCUT2D eigenvalue weighted by atomic mass is 16.5. The highest BCUT2D eigenvalue weighted by Crippen LogP contribution is 2.39.